The van der Waals surface area contributed by atoms with Crippen molar-refractivity contribution in [3.05, 3.63) is 30.1 Å². The maximum Gasteiger partial charge on any atom is 0.328 e. The van der Waals surface area contributed by atoms with Crippen LogP contribution in [0.2, 0.25) is 0 Å². The van der Waals surface area contributed by atoms with Gasteiger partial charge in [-0.1, -0.05) is 26.0 Å². The fourth-order valence-electron chi connectivity index (χ4n) is 1.99. The predicted octanol–water partition coefficient (Wildman–Crippen LogP) is 0.344. The van der Waals surface area contributed by atoms with E-state index in [0.717, 1.165) is 12.1 Å². The summed E-state index contributed by atoms with van der Waals surface area (Å²) in [6.07, 6.45) is 0. The SMILES string of the molecule is COCC(NC(=O)C(NS(=O)(=O)c1ccccc1F)C(C)C)C(=O)O. The molecule has 25 heavy (non-hydrogen) atoms. The Balaban J connectivity index is 3.02. The zero-order chi connectivity index (χ0) is 19.2. The third kappa shape index (κ3) is 5.76. The molecular formula is C15H21FN2O6S. The number of benzene rings is 1. The molecule has 0 fully saturated rings. The van der Waals surface area contributed by atoms with Gasteiger partial charge >= 0.3 is 5.97 Å². The maximum absolute atomic E-state index is 13.7. The summed E-state index contributed by atoms with van der Waals surface area (Å²) in [7, 11) is -3.05. The molecular weight excluding hydrogens is 355 g/mol. The molecule has 2 unspecified atom stereocenters. The largest absolute Gasteiger partial charge is 0.480 e. The van der Waals surface area contributed by atoms with Crippen LogP contribution >= 0.6 is 0 Å². The van der Waals surface area contributed by atoms with Crippen LogP contribution in [0.25, 0.3) is 0 Å². The Labute approximate surface area is 145 Å². The molecule has 140 valence electrons. The van der Waals surface area contributed by atoms with Crippen LogP contribution in [0, 0.1) is 11.7 Å². The Morgan fingerprint density at radius 2 is 1.88 bits per heavy atom. The summed E-state index contributed by atoms with van der Waals surface area (Å²) in [5, 5.41) is 11.2. The zero-order valence-corrected chi connectivity index (χ0v) is 14.8. The van der Waals surface area contributed by atoms with Gasteiger partial charge in [0.1, 0.15) is 16.8 Å². The second kappa shape index (κ2) is 8.88. The molecule has 0 aliphatic rings. The summed E-state index contributed by atoms with van der Waals surface area (Å²) < 4.78 is 45.3. The number of hydrogen-bond donors (Lipinski definition) is 3. The first kappa shape index (κ1) is 21.0. The van der Waals surface area contributed by atoms with Crippen LogP contribution in [0.4, 0.5) is 4.39 Å². The van der Waals surface area contributed by atoms with Crippen molar-refractivity contribution in [2.45, 2.75) is 30.8 Å². The molecule has 3 N–H and O–H groups in total. The lowest BCUT2D eigenvalue weighted by Gasteiger charge is -2.23. The molecule has 0 aromatic heterocycles. The molecule has 2 atom stereocenters. The Hall–Kier alpha value is -2.04. The highest BCUT2D eigenvalue weighted by Crippen LogP contribution is 2.15. The van der Waals surface area contributed by atoms with Crippen molar-refractivity contribution in [3.8, 4) is 0 Å². The number of carboxylic acids is 1. The Morgan fingerprint density at radius 1 is 1.28 bits per heavy atom. The standard InChI is InChI=1S/C15H21FN2O6S/c1-9(2)13(14(19)17-11(8-24-3)15(20)21)18-25(22,23)12-7-5-4-6-10(12)16/h4-7,9,11,13,18H,8H2,1-3H3,(H,17,19)(H,20,21). The topological polar surface area (TPSA) is 122 Å². The van der Waals surface area contributed by atoms with E-state index in [1.54, 1.807) is 13.8 Å². The number of carbonyl (C=O) groups excluding carboxylic acids is 1. The molecule has 8 nitrogen and oxygen atoms in total. The van der Waals surface area contributed by atoms with E-state index in [4.69, 9.17) is 9.84 Å². The first-order valence-corrected chi connectivity index (χ1v) is 8.87. The molecule has 0 heterocycles. The molecule has 0 bridgehead atoms. The molecule has 0 aliphatic heterocycles. The minimum absolute atomic E-state index is 0.286. The minimum Gasteiger partial charge on any atom is -0.480 e. The first-order valence-electron chi connectivity index (χ1n) is 7.39. The van der Waals surface area contributed by atoms with Gasteiger partial charge in [-0.25, -0.2) is 17.6 Å². The van der Waals surface area contributed by atoms with E-state index in [9.17, 15) is 22.4 Å². The minimum atomic E-state index is -4.31. The summed E-state index contributed by atoms with van der Waals surface area (Å²) in [4.78, 5) is 22.8. The molecule has 1 amide bonds. The van der Waals surface area contributed by atoms with Crippen LogP contribution in [0.3, 0.4) is 0 Å². The number of amides is 1. The van der Waals surface area contributed by atoms with E-state index in [1.165, 1.54) is 19.2 Å². The number of aliphatic carboxylic acids is 1. The fourth-order valence-corrected chi connectivity index (χ4v) is 3.41. The van der Waals surface area contributed by atoms with E-state index in [0.29, 0.717) is 0 Å². The summed E-state index contributed by atoms with van der Waals surface area (Å²) in [6, 6.07) is 2.11. The normalized spacial score (nSPS) is 14.1. The molecule has 0 radical (unpaired) electrons. The van der Waals surface area contributed by atoms with Crippen molar-refractivity contribution in [1.29, 1.82) is 0 Å². The smallest absolute Gasteiger partial charge is 0.328 e. The lowest BCUT2D eigenvalue weighted by atomic mass is 10.0. The molecule has 1 rings (SSSR count). The molecule has 0 aliphatic carbocycles. The molecule has 0 saturated carbocycles. The van der Waals surface area contributed by atoms with Crippen molar-refractivity contribution >= 4 is 21.9 Å². The Bertz CT molecular complexity index is 722. The number of methoxy groups -OCH3 is 1. The lowest BCUT2D eigenvalue weighted by molar-refractivity contribution is -0.143. The van der Waals surface area contributed by atoms with Gasteiger partial charge in [0.05, 0.1) is 6.61 Å². The van der Waals surface area contributed by atoms with Crippen LogP contribution in [-0.2, 0) is 24.3 Å². The van der Waals surface area contributed by atoms with Crippen LogP contribution < -0.4 is 10.0 Å². The average molecular weight is 376 g/mol. The van der Waals surface area contributed by atoms with Gasteiger partial charge in [0.15, 0.2) is 6.04 Å². The number of carboxylic acid groups (broad SMARTS) is 1. The van der Waals surface area contributed by atoms with Crippen molar-refractivity contribution in [2.75, 3.05) is 13.7 Å². The van der Waals surface area contributed by atoms with Crippen LogP contribution in [0.5, 0.6) is 0 Å². The van der Waals surface area contributed by atoms with Crippen LogP contribution in [0.15, 0.2) is 29.2 Å². The van der Waals surface area contributed by atoms with E-state index < -0.39 is 50.6 Å². The monoisotopic (exact) mass is 376 g/mol. The second-order valence-electron chi connectivity index (χ2n) is 5.63. The summed E-state index contributed by atoms with van der Waals surface area (Å²) in [5.74, 6) is -3.65. The molecule has 1 aromatic rings. The van der Waals surface area contributed by atoms with Crippen molar-refractivity contribution < 1.29 is 32.2 Å². The van der Waals surface area contributed by atoms with Gasteiger partial charge in [-0.05, 0) is 18.1 Å². The lowest BCUT2D eigenvalue weighted by Crippen LogP contribution is -2.54. The number of sulfonamides is 1. The predicted molar refractivity (Wildman–Crippen MR) is 86.8 cm³/mol. The highest BCUT2D eigenvalue weighted by Gasteiger charge is 2.32. The van der Waals surface area contributed by atoms with Gasteiger partial charge in [0.25, 0.3) is 0 Å². The quantitative estimate of drug-likeness (QED) is 0.571. The number of ether oxygens (including phenoxy) is 1. The first-order chi connectivity index (χ1) is 11.6. The molecule has 0 saturated heterocycles. The fraction of sp³-hybridized carbons (Fsp3) is 0.467. The van der Waals surface area contributed by atoms with Gasteiger partial charge in [0.2, 0.25) is 15.9 Å². The van der Waals surface area contributed by atoms with Crippen LogP contribution in [0.1, 0.15) is 13.8 Å². The Kier molecular flexibility index (Phi) is 7.46. The third-order valence-corrected chi connectivity index (χ3v) is 4.78. The van der Waals surface area contributed by atoms with Gasteiger partial charge in [-0.2, -0.15) is 4.72 Å². The van der Waals surface area contributed by atoms with Crippen LogP contribution in [-0.4, -0.2) is 51.2 Å². The van der Waals surface area contributed by atoms with E-state index in [-0.39, 0.29) is 6.61 Å². The number of rotatable bonds is 9. The highest BCUT2D eigenvalue weighted by molar-refractivity contribution is 7.89. The number of carbonyl (C=O) groups is 2. The van der Waals surface area contributed by atoms with E-state index >= 15 is 0 Å². The maximum atomic E-state index is 13.7. The van der Waals surface area contributed by atoms with Crippen molar-refractivity contribution in [3.63, 3.8) is 0 Å². The van der Waals surface area contributed by atoms with Gasteiger partial charge in [0, 0.05) is 7.11 Å². The summed E-state index contributed by atoms with van der Waals surface area (Å²) in [5.41, 5.74) is 0. The van der Waals surface area contributed by atoms with Gasteiger partial charge in [-0.3, -0.25) is 4.79 Å². The Morgan fingerprint density at radius 3 is 2.36 bits per heavy atom. The van der Waals surface area contributed by atoms with Gasteiger partial charge in [-0.15, -0.1) is 0 Å². The average Bonchev–Trinajstić information content (AvgIpc) is 2.52. The van der Waals surface area contributed by atoms with Crippen molar-refractivity contribution in [2.24, 2.45) is 5.92 Å². The van der Waals surface area contributed by atoms with E-state index in [2.05, 4.69) is 10.0 Å². The zero-order valence-electron chi connectivity index (χ0n) is 14.0. The summed E-state index contributed by atoms with van der Waals surface area (Å²) in [6.45, 7) is 2.85. The van der Waals surface area contributed by atoms with Gasteiger partial charge < -0.3 is 15.2 Å². The molecule has 10 heteroatoms. The second-order valence-corrected chi connectivity index (χ2v) is 7.31. The van der Waals surface area contributed by atoms with Crippen molar-refractivity contribution in [1.82, 2.24) is 10.0 Å². The highest BCUT2D eigenvalue weighted by atomic mass is 32.2. The molecule has 0 spiro atoms. The number of nitrogens with one attached hydrogen (secondary N) is 2. The summed E-state index contributed by atoms with van der Waals surface area (Å²) >= 11 is 0. The number of halogens is 1. The number of hydrogen-bond acceptors (Lipinski definition) is 5. The molecule has 1 aromatic carbocycles. The third-order valence-electron chi connectivity index (χ3n) is 3.31. The van der Waals surface area contributed by atoms with E-state index in [1.807, 2.05) is 0 Å².